The highest BCUT2D eigenvalue weighted by atomic mass is 19.1. The number of amides is 1. The maximum Gasteiger partial charge on any atom is 0.407 e. The van der Waals surface area contributed by atoms with Crippen LogP contribution in [0.5, 0.6) is 0 Å². The minimum atomic E-state index is -0.670. The largest absolute Gasteiger partial charge is 0.444 e. The van der Waals surface area contributed by atoms with Gasteiger partial charge in [0.1, 0.15) is 11.4 Å². The number of aromatic nitrogens is 4. The molecule has 0 aliphatic rings. The number of hydrogen-bond acceptors (Lipinski definition) is 5. The van der Waals surface area contributed by atoms with E-state index < -0.39 is 17.5 Å². The van der Waals surface area contributed by atoms with Crippen LogP contribution < -0.4 is 10.9 Å². The lowest BCUT2D eigenvalue weighted by Crippen LogP contribution is -2.32. The first kappa shape index (κ1) is 25.6. The number of nitrogens with one attached hydrogen (secondary N) is 2. The third-order valence-electron chi connectivity index (χ3n) is 6.24. The molecule has 0 aliphatic carbocycles. The van der Waals surface area contributed by atoms with Crippen LogP contribution in [0.15, 0.2) is 59.5 Å². The standard InChI is InChI=1S/C29H25FN6O3/c1-29(2,3)39-28(38)32-15-23-20-12-17(10-11-19(20)27(37)35-34-23)21-14-33-36(5)26(21)24-22(30)13-16-8-6-7-9-18(16)25(24)31-4/h6-14H,15H2,1-3,5H3,(H,32,38)(H,35,37). The Bertz CT molecular complexity index is 1860. The zero-order chi connectivity index (χ0) is 27.9. The summed E-state index contributed by atoms with van der Waals surface area (Å²) in [6.45, 7) is 13.1. The maximum atomic E-state index is 15.6. The van der Waals surface area contributed by atoms with E-state index in [4.69, 9.17) is 11.3 Å². The average Bonchev–Trinajstić information content (AvgIpc) is 3.27. The Kier molecular flexibility index (Phi) is 6.36. The normalized spacial score (nSPS) is 11.5. The van der Waals surface area contributed by atoms with Crippen LogP contribution in [0.3, 0.4) is 0 Å². The van der Waals surface area contributed by atoms with Crippen molar-refractivity contribution in [3.05, 3.63) is 88.0 Å². The van der Waals surface area contributed by atoms with E-state index in [0.717, 1.165) is 0 Å². The number of rotatable bonds is 4. The minimum Gasteiger partial charge on any atom is -0.444 e. The Morgan fingerprint density at radius 3 is 2.67 bits per heavy atom. The van der Waals surface area contributed by atoms with Gasteiger partial charge < -0.3 is 10.1 Å². The summed E-state index contributed by atoms with van der Waals surface area (Å²) >= 11 is 0. The van der Waals surface area contributed by atoms with Gasteiger partial charge in [0, 0.05) is 23.6 Å². The quantitative estimate of drug-likeness (QED) is 0.287. The first-order valence-corrected chi connectivity index (χ1v) is 12.2. The summed E-state index contributed by atoms with van der Waals surface area (Å²) in [6.07, 6.45) is 0.978. The van der Waals surface area contributed by atoms with Crippen molar-refractivity contribution in [1.82, 2.24) is 25.3 Å². The second-order valence-electron chi connectivity index (χ2n) is 10.1. The number of fused-ring (bicyclic) bond motifs is 2. The van der Waals surface area contributed by atoms with Crippen LogP contribution in [-0.4, -0.2) is 31.7 Å². The third kappa shape index (κ3) is 4.82. The predicted octanol–water partition coefficient (Wildman–Crippen LogP) is 5.86. The van der Waals surface area contributed by atoms with Gasteiger partial charge in [-0.25, -0.2) is 19.1 Å². The van der Waals surface area contributed by atoms with Crippen molar-refractivity contribution in [1.29, 1.82) is 0 Å². The molecule has 2 N–H and O–H groups in total. The predicted molar refractivity (Wildman–Crippen MR) is 147 cm³/mol. The van der Waals surface area contributed by atoms with Crippen molar-refractivity contribution in [3.8, 4) is 22.4 Å². The first-order valence-electron chi connectivity index (χ1n) is 12.2. The van der Waals surface area contributed by atoms with Crippen LogP contribution in [0.25, 0.3) is 48.8 Å². The van der Waals surface area contributed by atoms with Crippen LogP contribution in [0.1, 0.15) is 26.5 Å². The van der Waals surface area contributed by atoms with Gasteiger partial charge in [-0.05, 0) is 55.3 Å². The van der Waals surface area contributed by atoms with E-state index in [1.54, 1.807) is 70.4 Å². The summed E-state index contributed by atoms with van der Waals surface area (Å²) in [4.78, 5) is 28.4. The number of aromatic amines is 1. The van der Waals surface area contributed by atoms with E-state index in [1.807, 2.05) is 6.07 Å². The second kappa shape index (κ2) is 9.68. The number of carbonyl (C=O) groups is 1. The van der Waals surface area contributed by atoms with Crippen LogP contribution >= 0.6 is 0 Å². The molecule has 0 unspecified atom stereocenters. The number of nitrogens with zero attached hydrogens (tertiary/aromatic N) is 4. The molecule has 5 rings (SSSR count). The Balaban J connectivity index is 1.64. The zero-order valence-electron chi connectivity index (χ0n) is 21.8. The highest BCUT2D eigenvalue weighted by Crippen LogP contribution is 2.43. The molecule has 39 heavy (non-hydrogen) atoms. The van der Waals surface area contributed by atoms with E-state index in [9.17, 15) is 9.59 Å². The number of carbonyl (C=O) groups excluding carboxylic acids is 1. The monoisotopic (exact) mass is 524 g/mol. The number of aryl methyl sites for hydroxylation is 1. The van der Waals surface area contributed by atoms with Gasteiger partial charge in [-0.15, -0.1) is 0 Å². The van der Waals surface area contributed by atoms with E-state index >= 15 is 4.39 Å². The van der Waals surface area contributed by atoms with Gasteiger partial charge in [-0.1, -0.05) is 30.3 Å². The molecule has 2 heterocycles. The summed E-state index contributed by atoms with van der Waals surface area (Å²) in [6, 6.07) is 13.7. The van der Waals surface area contributed by atoms with E-state index in [0.29, 0.717) is 44.1 Å². The molecule has 0 bridgehead atoms. The molecule has 0 saturated heterocycles. The Morgan fingerprint density at radius 1 is 1.15 bits per heavy atom. The molecule has 10 heteroatoms. The summed E-state index contributed by atoms with van der Waals surface area (Å²) < 4.78 is 22.4. The molecule has 9 nitrogen and oxygen atoms in total. The Morgan fingerprint density at radius 2 is 1.92 bits per heavy atom. The molecule has 0 atom stereocenters. The minimum absolute atomic E-state index is 0.00666. The lowest BCUT2D eigenvalue weighted by molar-refractivity contribution is 0.0523. The maximum absolute atomic E-state index is 15.6. The molecule has 3 aromatic carbocycles. The van der Waals surface area contributed by atoms with Crippen molar-refractivity contribution in [2.45, 2.75) is 32.9 Å². The fourth-order valence-electron chi connectivity index (χ4n) is 4.57. The Labute approximate surface area is 223 Å². The molecule has 0 aliphatic heterocycles. The van der Waals surface area contributed by atoms with Crippen molar-refractivity contribution < 1.29 is 13.9 Å². The highest BCUT2D eigenvalue weighted by Gasteiger charge is 2.23. The summed E-state index contributed by atoms with van der Waals surface area (Å²) in [5.41, 5.74) is 1.34. The van der Waals surface area contributed by atoms with Gasteiger partial charge in [0.25, 0.3) is 5.56 Å². The third-order valence-corrected chi connectivity index (χ3v) is 6.24. The molecule has 1 amide bonds. The fourth-order valence-corrected chi connectivity index (χ4v) is 4.57. The van der Waals surface area contributed by atoms with Crippen LogP contribution in [-0.2, 0) is 18.3 Å². The fraction of sp³-hybridized carbons (Fsp3) is 0.207. The van der Waals surface area contributed by atoms with Crippen molar-refractivity contribution in [2.24, 2.45) is 7.05 Å². The van der Waals surface area contributed by atoms with Crippen LogP contribution in [0.4, 0.5) is 14.9 Å². The lowest BCUT2D eigenvalue weighted by Gasteiger charge is -2.19. The topological polar surface area (TPSA) is 106 Å². The average molecular weight is 525 g/mol. The van der Waals surface area contributed by atoms with Gasteiger partial charge in [-0.3, -0.25) is 9.48 Å². The van der Waals surface area contributed by atoms with Gasteiger partial charge >= 0.3 is 6.09 Å². The molecule has 5 aromatic rings. The van der Waals surface area contributed by atoms with Crippen molar-refractivity contribution in [3.63, 3.8) is 0 Å². The number of benzene rings is 3. The van der Waals surface area contributed by atoms with E-state index in [2.05, 4.69) is 25.5 Å². The van der Waals surface area contributed by atoms with E-state index in [-0.39, 0.29) is 23.4 Å². The highest BCUT2D eigenvalue weighted by molar-refractivity contribution is 6.04. The molecule has 0 fully saturated rings. The van der Waals surface area contributed by atoms with Crippen LogP contribution in [0, 0.1) is 12.4 Å². The van der Waals surface area contributed by atoms with Gasteiger partial charge in [-0.2, -0.15) is 10.2 Å². The number of H-pyrrole nitrogens is 1. The summed E-state index contributed by atoms with van der Waals surface area (Å²) in [5, 5.41) is 15.8. The smallest absolute Gasteiger partial charge is 0.407 e. The molecule has 0 radical (unpaired) electrons. The van der Waals surface area contributed by atoms with E-state index in [1.165, 1.54) is 10.7 Å². The zero-order valence-corrected chi connectivity index (χ0v) is 21.8. The second-order valence-corrected chi connectivity index (χ2v) is 10.1. The number of halogens is 1. The Hall–Kier alpha value is -5.04. The molecule has 0 spiro atoms. The molecular formula is C29H25FN6O3. The first-order chi connectivity index (χ1) is 18.6. The molecule has 0 saturated carbocycles. The SMILES string of the molecule is [C-]#[N+]c1c(-c2c(-c3ccc4c(=O)[nH]nc(CNC(=O)OC(C)(C)C)c4c3)cnn2C)c(F)cc2ccccc12. The number of hydrogen-bond donors (Lipinski definition) is 2. The lowest BCUT2D eigenvalue weighted by atomic mass is 9.95. The number of alkyl carbamates (subject to hydrolysis) is 1. The number of ether oxygens (including phenoxy) is 1. The van der Waals surface area contributed by atoms with Crippen molar-refractivity contribution >= 4 is 33.3 Å². The summed E-state index contributed by atoms with van der Waals surface area (Å²) in [7, 11) is 1.69. The van der Waals surface area contributed by atoms with Crippen molar-refractivity contribution in [2.75, 3.05) is 0 Å². The molecule has 2 aromatic heterocycles. The van der Waals surface area contributed by atoms with Gasteiger partial charge in [0.05, 0.1) is 36.1 Å². The van der Waals surface area contributed by atoms with Gasteiger partial charge in [0.15, 0.2) is 0 Å². The van der Waals surface area contributed by atoms with Gasteiger partial charge in [0.2, 0.25) is 5.69 Å². The summed E-state index contributed by atoms with van der Waals surface area (Å²) in [5.74, 6) is -0.536. The molecule has 196 valence electrons. The van der Waals surface area contributed by atoms with Crippen LogP contribution in [0.2, 0.25) is 0 Å². The molecular weight excluding hydrogens is 499 g/mol.